The maximum atomic E-state index is 12.2. The Bertz CT molecular complexity index is 404. The number of nitrogens with two attached hydrogens (primary N) is 1. The predicted octanol–water partition coefficient (Wildman–Crippen LogP) is 2.49. The van der Waals surface area contributed by atoms with Crippen LogP contribution in [0, 0.1) is 0 Å². The van der Waals surface area contributed by atoms with E-state index >= 15 is 0 Å². The second-order valence-corrected chi connectivity index (χ2v) is 4.56. The standard InChI is InChI=1S/C14H23N3O/c1-4-6-7-8-17(3)14(18)11-9-12(5-2)16-13(15)10-11/h9-10H,4-8H2,1-3H3,(H2,15,16). The number of nitrogens with zero attached hydrogens (tertiary/aromatic N) is 2. The van der Waals surface area contributed by atoms with Crippen molar-refractivity contribution in [1.82, 2.24) is 9.88 Å². The van der Waals surface area contributed by atoms with Crippen LogP contribution in [0.4, 0.5) is 5.82 Å². The zero-order chi connectivity index (χ0) is 13.5. The highest BCUT2D eigenvalue weighted by Crippen LogP contribution is 2.11. The topological polar surface area (TPSA) is 59.2 Å². The minimum absolute atomic E-state index is 0.0231. The molecule has 4 nitrogen and oxygen atoms in total. The minimum Gasteiger partial charge on any atom is -0.384 e. The average Bonchev–Trinajstić information content (AvgIpc) is 2.37. The summed E-state index contributed by atoms with van der Waals surface area (Å²) in [4.78, 5) is 18.1. The number of carbonyl (C=O) groups is 1. The Labute approximate surface area is 109 Å². The smallest absolute Gasteiger partial charge is 0.253 e. The highest BCUT2D eigenvalue weighted by molar-refractivity contribution is 5.94. The molecule has 0 atom stereocenters. The quantitative estimate of drug-likeness (QED) is 0.788. The van der Waals surface area contributed by atoms with Gasteiger partial charge in [-0.1, -0.05) is 26.7 Å². The molecular formula is C14H23N3O. The monoisotopic (exact) mass is 249 g/mol. The van der Waals surface area contributed by atoms with E-state index in [4.69, 9.17) is 5.73 Å². The number of carbonyl (C=O) groups excluding carboxylic acids is 1. The van der Waals surface area contributed by atoms with E-state index in [-0.39, 0.29) is 5.91 Å². The molecule has 1 rings (SSSR count). The van der Waals surface area contributed by atoms with Crippen molar-refractivity contribution in [2.24, 2.45) is 0 Å². The Kier molecular flexibility index (Phi) is 5.62. The van der Waals surface area contributed by atoms with E-state index < -0.39 is 0 Å². The van der Waals surface area contributed by atoms with Crippen LogP contribution in [0.15, 0.2) is 12.1 Å². The summed E-state index contributed by atoms with van der Waals surface area (Å²) in [7, 11) is 1.83. The molecular weight excluding hydrogens is 226 g/mol. The highest BCUT2D eigenvalue weighted by atomic mass is 16.2. The van der Waals surface area contributed by atoms with Crippen LogP contribution in [0.2, 0.25) is 0 Å². The second-order valence-electron chi connectivity index (χ2n) is 4.56. The number of unbranched alkanes of at least 4 members (excludes halogenated alkanes) is 2. The van der Waals surface area contributed by atoms with E-state index in [9.17, 15) is 4.79 Å². The van der Waals surface area contributed by atoms with Crippen molar-refractivity contribution < 1.29 is 4.79 Å². The molecule has 1 amide bonds. The van der Waals surface area contributed by atoms with Crippen molar-refractivity contribution in [3.05, 3.63) is 23.4 Å². The summed E-state index contributed by atoms with van der Waals surface area (Å²) in [6.07, 6.45) is 4.13. The van der Waals surface area contributed by atoms with E-state index in [1.165, 1.54) is 0 Å². The number of hydrogen-bond donors (Lipinski definition) is 1. The lowest BCUT2D eigenvalue weighted by Gasteiger charge is -2.17. The normalized spacial score (nSPS) is 10.4. The van der Waals surface area contributed by atoms with Gasteiger partial charge >= 0.3 is 0 Å². The van der Waals surface area contributed by atoms with Crippen LogP contribution in [0.25, 0.3) is 0 Å². The molecule has 1 heterocycles. The van der Waals surface area contributed by atoms with Crippen molar-refractivity contribution >= 4 is 11.7 Å². The van der Waals surface area contributed by atoms with E-state index in [0.29, 0.717) is 11.4 Å². The third-order valence-electron chi connectivity index (χ3n) is 2.95. The van der Waals surface area contributed by atoms with Crippen molar-refractivity contribution in [2.45, 2.75) is 39.5 Å². The SMILES string of the molecule is CCCCCN(C)C(=O)c1cc(N)nc(CC)c1. The van der Waals surface area contributed by atoms with Gasteiger partial charge in [0.15, 0.2) is 0 Å². The lowest BCUT2D eigenvalue weighted by Crippen LogP contribution is -2.28. The third kappa shape index (κ3) is 4.02. The summed E-state index contributed by atoms with van der Waals surface area (Å²) in [6, 6.07) is 3.48. The van der Waals surface area contributed by atoms with Gasteiger partial charge in [0, 0.05) is 24.8 Å². The van der Waals surface area contributed by atoms with Gasteiger partial charge < -0.3 is 10.6 Å². The predicted molar refractivity (Wildman–Crippen MR) is 74.5 cm³/mol. The van der Waals surface area contributed by atoms with Gasteiger partial charge in [0.25, 0.3) is 5.91 Å². The Balaban J connectivity index is 2.73. The summed E-state index contributed by atoms with van der Waals surface area (Å²) in [5, 5.41) is 0. The first kappa shape index (κ1) is 14.5. The molecule has 0 aromatic carbocycles. The first-order valence-corrected chi connectivity index (χ1v) is 6.60. The van der Waals surface area contributed by atoms with Gasteiger partial charge in [-0.05, 0) is 25.0 Å². The van der Waals surface area contributed by atoms with Crippen LogP contribution in [-0.2, 0) is 6.42 Å². The first-order valence-electron chi connectivity index (χ1n) is 6.60. The molecule has 0 aliphatic carbocycles. The number of aryl methyl sites for hydroxylation is 1. The molecule has 1 aromatic heterocycles. The van der Waals surface area contributed by atoms with E-state index in [0.717, 1.165) is 37.9 Å². The highest BCUT2D eigenvalue weighted by Gasteiger charge is 2.12. The summed E-state index contributed by atoms with van der Waals surface area (Å²) in [6.45, 7) is 4.94. The summed E-state index contributed by atoms with van der Waals surface area (Å²) >= 11 is 0. The van der Waals surface area contributed by atoms with Gasteiger partial charge in [-0.2, -0.15) is 0 Å². The van der Waals surface area contributed by atoms with E-state index in [2.05, 4.69) is 11.9 Å². The first-order chi connectivity index (χ1) is 8.58. The number of anilines is 1. The van der Waals surface area contributed by atoms with Gasteiger partial charge in [-0.3, -0.25) is 4.79 Å². The fourth-order valence-corrected chi connectivity index (χ4v) is 1.84. The molecule has 18 heavy (non-hydrogen) atoms. The largest absolute Gasteiger partial charge is 0.384 e. The molecule has 0 aliphatic rings. The summed E-state index contributed by atoms with van der Waals surface area (Å²) in [5.74, 6) is 0.439. The number of nitrogen functional groups attached to an aromatic ring is 1. The Morgan fingerprint density at radius 3 is 2.67 bits per heavy atom. The maximum absolute atomic E-state index is 12.2. The number of hydrogen-bond acceptors (Lipinski definition) is 3. The number of amides is 1. The van der Waals surface area contributed by atoms with Crippen LogP contribution in [0.5, 0.6) is 0 Å². The van der Waals surface area contributed by atoms with Crippen LogP contribution in [0.1, 0.15) is 49.2 Å². The zero-order valence-corrected chi connectivity index (χ0v) is 11.6. The number of aromatic nitrogens is 1. The van der Waals surface area contributed by atoms with Crippen LogP contribution >= 0.6 is 0 Å². The van der Waals surface area contributed by atoms with Crippen LogP contribution in [0.3, 0.4) is 0 Å². The molecule has 2 N–H and O–H groups in total. The van der Waals surface area contributed by atoms with Crippen molar-refractivity contribution in [3.63, 3.8) is 0 Å². The van der Waals surface area contributed by atoms with E-state index in [1.807, 2.05) is 20.0 Å². The van der Waals surface area contributed by atoms with Gasteiger partial charge in [0.05, 0.1) is 0 Å². The second kappa shape index (κ2) is 6.99. The molecule has 0 bridgehead atoms. The Morgan fingerprint density at radius 1 is 1.33 bits per heavy atom. The molecule has 0 saturated carbocycles. The molecule has 0 saturated heterocycles. The average molecular weight is 249 g/mol. The molecule has 100 valence electrons. The summed E-state index contributed by atoms with van der Waals surface area (Å²) in [5.41, 5.74) is 7.21. The van der Waals surface area contributed by atoms with Crippen molar-refractivity contribution in [1.29, 1.82) is 0 Å². The fraction of sp³-hybridized carbons (Fsp3) is 0.571. The fourth-order valence-electron chi connectivity index (χ4n) is 1.84. The Morgan fingerprint density at radius 2 is 2.06 bits per heavy atom. The summed E-state index contributed by atoms with van der Waals surface area (Å²) < 4.78 is 0. The number of rotatable bonds is 6. The van der Waals surface area contributed by atoms with Crippen molar-refractivity contribution in [3.8, 4) is 0 Å². The van der Waals surface area contributed by atoms with Gasteiger partial charge in [-0.15, -0.1) is 0 Å². The van der Waals surface area contributed by atoms with Gasteiger partial charge in [0.1, 0.15) is 5.82 Å². The van der Waals surface area contributed by atoms with Crippen LogP contribution < -0.4 is 5.73 Å². The third-order valence-corrected chi connectivity index (χ3v) is 2.95. The molecule has 0 aliphatic heterocycles. The lowest BCUT2D eigenvalue weighted by atomic mass is 10.1. The molecule has 1 aromatic rings. The minimum atomic E-state index is 0.0231. The molecule has 0 unspecified atom stereocenters. The molecule has 0 spiro atoms. The van der Waals surface area contributed by atoms with Gasteiger partial charge in [-0.25, -0.2) is 4.98 Å². The van der Waals surface area contributed by atoms with Crippen molar-refractivity contribution in [2.75, 3.05) is 19.3 Å². The molecule has 4 heteroatoms. The Hall–Kier alpha value is -1.58. The maximum Gasteiger partial charge on any atom is 0.253 e. The number of pyridine rings is 1. The van der Waals surface area contributed by atoms with Crippen LogP contribution in [-0.4, -0.2) is 29.4 Å². The molecule has 0 radical (unpaired) electrons. The van der Waals surface area contributed by atoms with E-state index in [1.54, 1.807) is 11.0 Å². The zero-order valence-electron chi connectivity index (χ0n) is 11.6. The van der Waals surface area contributed by atoms with Gasteiger partial charge in [0.2, 0.25) is 0 Å². The molecule has 0 fully saturated rings. The lowest BCUT2D eigenvalue weighted by molar-refractivity contribution is 0.0792.